The first-order valence-corrected chi connectivity index (χ1v) is 35.7. The summed E-state index contributed by atoms with van der Waals surface area (Å²) in [4.78, 5) is 38.4. The fourth-order valence-corrected chi connectivity index (χ4v) is 10.2. The summed E-state index contributed by atoms with van der Waals surface area (Å²) in [6, 6.07) is 0. The fraction of sp³-hybridized carbons (Fsp3) is 0.753. The van der Waals surface area contributed by atoms with Crippen LogP contribution < -0.4 is 0 Å². The lowest BCUT2D eigenvalue weighted by atomic mass is 10.0. The number of rotatable bonds is 65. The van der Waals surface area contributed by atoms with Gasteiger partial charge in [-0.25, -0.2) is 0 Å². The summed E-state index contributed by atoms with van der Waals surface area (Å²) in [5.74, 6) is -0.882. The van der Waals surface area contributed by atoms with Crippen LogP contribution in [0.5, 0.6) is 0 Å². The normalized spacial score (nSPS) is 12.7. The average Bonchev–Trinajstić information content (AvgIpc) is 3.49. The molecule has 0 fully saturated rings. The SMILES string of the molecule is CC/C=C\C/C=C\C/C=C\C/C=C\C/C=C\CCCCCCCCCCCCCCCCCCCC(=O)OCC(COC(=O)CCCCCCC/C=C\C/C=C\CCCC)OC(=O)CCCCCCCCC/C=C\CCCCCCCCC. The third kappa shape index (κ3) is 69.0. The van der Waals surface area contributed by atoms with Crippen LogP contribution in [0.15, 0.2) is 97.2 Å². The van der Waals surface area contributed by atoms with Crippen molar-refractivity contribution in [3.63, 3.8) is 0 Å². The van der Waals surface area contributed by atoms with Gasteiger partial charge in [0.25, 0.3) is 0 Å². The Morgan fingerprint density at radius 2 is 0.482 bits per heavy atom. The van der Waals surface area contributed by atoms with E-state index in [1.165, 1.54) is 205 Å². The van der Waals surface area contributed by atoms with Crippen molar-refractivity contribution < 1.29 is 28.6 Å². The molecule has 0 aliphatic carbocycles. The standard InChI is InChI=1S/C77H134O6/c1-4-7-10-13-16-19-22-25-28-30-32-33-34-35-36-37-38-39-40-41-42-43-44-45-46-48-49-52-55-58-61-64-67-70-76(79)82-73-74(72-81-75(78)69-66-63-60-57-54-51-27-24-21-18-15-12-9-6-3)83-77(80)71-68-65-62-59-56-53-50-47-31-29-26-23-20-17-14-11-8-5-2/h7,10,15-16,18-19,24-25,27-29,31-33,35-36,74H,4-6,8-9,11-14,17,20-23,26,30,34,37-73H2,1-3H3/b10-7-,18-15-,19-16-,27-24-,28-25-,31-29-,33-32-,36-35-. The molecule has 0 spiro atoms. The largest absolute Gasteiger partial charge is 0.462 e. The lowest BCUT2D eigenvalue weighted by Crippen LogP contribution is -2.30. The molecule has 0 aromatic carbocycles. The average molecular weight is 1160 g/mol. The Morgan fingerprint density at radius 3 is 0.783 bits per heavy atom. The Labute approximate surface area is 515 Å². The number of hydrogen-bond acceptors (Lipinski definition) is 6. The van der Waals surface area contributed by atoms with E-state index in [0.29, 0.717) is 19.3 Å². The molecular formula is C77H134O6. The first kappa shape index (κ1) is 79.3. The Morgan fingerprint density at radius 1 is 0.253 bits per heavy atom. The van der Waals surface area contributed by atoms with Crippen LogP contribution in [0.3, 0.4) is 0 Å². The molecule has 0 amide bonds. The summed E-state index contributed by atoms with van der Waals surface area (Å²) in [5, 5.41) is 0. The highest BCUT2D eigenvalue weighted by molar-refractivity contribution is 5.71. The zero-order valence-corrected chi connectivity index (χ0v) is 54.9. The van der Waals surface area contributed by atoms with Gasteiger partial charge >= 0.3 is 17.9 Å². The Balaban J connectivity index is 4.20. The maximum Gasteiger partial charge on any atom is 0.306 e. The minimum atomic E-state index is -0.785. The highest BCUT2D eigenvalue weighted by Gasteiger charge is 2.19. The van der Waals surface area contributed by atoms with Crippen molar-refractivity contribution in [1.29, 1.82) is 0 Å². The molecule has 0 aliphatic heterocycles. The van der Waals surface area contributed by atoms with E-state index in [0.717, 1.165) is 109 Å². The number of esters is 3. The van der Waals surface area contributed by atoms with Gasteiger partial charge in [-0.15, -0.1) is 0 Å². The van der Waals surface area contributed by atoms with Gasteiger partial charge in [0.05, 0.1) is 0 Å². The molecule has 478 valence electrons. The zero-order valence-electron chi connectivity index (χ0n) is 54.9. The van der Waals surface area contributed by atoms with Gasteiger partial charge in [0.15, 0.2) is 6.10 Å². The van der Waals surface area contributed by atoms with Gasteiger partial charge < -0.3 is 14.2 Å². The third-order valence-corrected chi connectivity index (χ3v) is 15.5. The van der Waals surface area contributed by atoms with Crippen LogP contribution in [-0.4, -0.2) is 37.2 Å². The maximum absolute atomic E-state index is 12.9. The van der Waals surface area contributed by atoms with Crippen molar-refractivity contribution in [3.05, 3.63) is 97.2 Å². The highest BCUT2D eigenvalue weighted by Crippen LogP contribution is 2.17. The van der Waals surface area contributed by atoms with Crippen molar-refractivity contribution in [2.24, 2.45) is 0 Å². The van der Waals surface area contributed by atoms with Gasteiger partial charge in [0.2, 0.25) is 0 Å². The second-order valence-electron chi connectivity index (χ2n) is 23.8. The molecule has 0 heterocycles. The number of ether oxygens (including phenoxy) is 3. The van der Waals surface area contributed by atoms with Gasteiger partial charge in [-0.1, -0.05) is 317 Å². The molecule has 1 unspecified atom stereocenters. The summed E-state index contributed by atoms with van der Waals surface area (Å²) in [7, 11) is 0. The molecule has 0 bridgehead atoms. The van der Waals surface area contributed by atoms with Crippen LogP contribution in [0, 0.1) is 0 Å². The molecule has 83 heavy (non-hydrogen) atoms. The van der Waals surface area contributed by atoms with Gasteiger partial charge in [-0.2, -0.15) is 0 Å². The van der Waals surface area contributed by atoms with E-state index in [4.69, 9.17) is 14.2 Å². The smallest absolute Gasteiger partial charge is 0.306 e. The van der Waals surface area contributed by atoms with Crippen LogP contribution in [0.1, 0.15) is 355 Å². The fourth-order valence-electron chi connectivity index (χ4n) is 10.2. The van der Waals surface area contributed by atoms with Crippen molar-refractivity contribution in [2.75, 3.05) is 13.2 Å². The van der Waals surface area contributed by atoms with Gasteiger partial charge in [0.1, 0.15) is 13.2 Å². The molecule has 0 radical (unpaired) electrons. The highest BCUT2D eigenvalue weighted by atomic mass is 16.6. The Kier molecular flexibility index (Phi) is 67.7. The summed E-state index contributed by atoms with van der Waals surface area (Å²) in [5.41, 5.74) is 0. The van der Waals surface area contributed by atoms with E-state index in [1.54, 1.807) is 0 Å². The molecule has 6 heteroatoms. The van der Waals surface area contributed by atoms with Gasteiger partial charge in [0, 0.05) is 19.3 Å². The summed E-state index contributed by atoms with van der Waals surface area (Å²) < 4.78 is 17.0. The van der Waals surface area contributed by atoms with Crippen molar-refractivity contribution in [2.45, 2.75) is 361 Å². The molecule has 0 saturated carbocycles. The van der Waals surface area contributed by atoms with E-state index in [2.05, 4.69) is 118 Å². The van der Waals surface area contributed by atoms with E-state index in [1.807, 2.05) is 0 Å². The maximum atomic E-state index is 12.9. The lowest BCUT2D eigenvalue weighted by Gasteiger charge is -2.18. The minimum Gasteiger partial charge on any atom is -0.462 e. The van der Waals surface area contributed by atoms with Crippen molar-refractivity contribution in [1.82, 2.24) is 0 Å². The lowest BCUT2D eigenvalue weighted by molar-refractivity contribution is -0.167. The van der Waals surface area contributed by atoms with Crippen molar-refractivity contribution >= 4 is 17.9 Å². The number of carbonyl (C=O) groups is 3. The minimum absolute atomic E-state index is 0.0801. The van der Waals surface area contributed by atoms with Crippen LogP contribution in [0.25, 0.3) is 0 Å². The van der Waals surface area contributed by atoms with Crippen LogP contribution in [0.2, 0.25) is 0 Å². The molecular weight excluding hydrogens is 1020 g/mol. The number of hydrogen-bond donors (Lipinski definition) is 0. The Bertz CT molecular complexity index is 1610. The number of allylic oxidation sites excluding steroid dienone is 16. The summed E-state index contributed by atoms with van der Waals surface area (Å²) in [6.07, 6.45) is 95.8. The van der Waals surface area contributed by atoms with Crippen LogP contribution in [-0.2, 0) is 28.6 Å². The van der Waals surface area contributed by atoms with E-state index >= 15 is 0 Å². The van der Waals surface area contributed by atoms with E-state index < -0.39 is 6.10 Å². The van der Waals surface area contributed by atoms with Gasteiger partial charge in [-0.05, 0) is 116 Å². The molecule has 1 atom stereocenters. The molecule has 0 aliphatic rings. The quantitative estimate of drug-likeness (QED) is 0.0261. The van der Waals surface area contributed by atoms with E-state index in [9.17, 15) is 14.4 Å². The predicted molar refractivity (Wildman–Crippen MR) is 362 cm³/mol. The molecule has 0 saturated heterocycles. The monoisotopic (exact) mass is 1160 g/mol. The van der Waals surface area contributed by atoms with Crippen LogP contribution >= 0.6 is 0 Å². The summed E-state index contributed by atoms with van der Waals surface area (Å²) >= 11 is 0. The van der Waals surface area contributed by atoms with Crippen molar-refractivity contribution in [3.8, 4) is 0 Å². The number of carbonyl (C=O) groups excluding carboxylic acids is 3. The predicted octanol–water partition coefficient (Wildman–Crippen LogP) is 24.8. The zero-order chi connectivity index (χ0) is 59.9. The summed E-state index contributed by atoms with van der Waals surface area (Å²) in [6.45, 7) is 6.51. The van der Waals surface area contributed by atoms with E-state index in [-0.39, 0.29) is 31.1 Å². The van der Waals surface area contributed by atoms with Gasteiger partial charge in [-0.3, -0.25) is 14.4 Å². The molecule has 0 aromatic rings. The Hall–Kier alpha value is -3.67. The molecule has 6 nitrogen and oxygen atoms in total. The number of unbranched alkanes of at least 4 members (excludes halogenated alkanes) is 38. The van der Waals surface area contributed by atoms with Crippen LogP contribution in [0.4, 0.5) is 0 Å². The molecule has 0 rings (SSSR count). The molecule has 0 N–H and O–H groups in total. The first-order valence-electron chi connectivity index (χ1n) is 35.7. The second-order valence-corrected chi connectivity index (χ2v) is 23.8. The first-order chi connectivity index (χ1) is 41.0. The molecule has 0 aromatic heterocycles. The topological polar surface area (TPSA) is 78.9 Å². The second kappa shape index (κ2) is 70.8. The third-order valence-electron chi connectivity index (χ3n) is 15.5.